The number of ketones is 1. The summed E-state index contributed by atoms with van der Waals surface area (Å²) in [6, 6.07) is 7.48. The molecule has 30 heavy (non-hydrogen) atoms. The van der Waals surface area contributed by atoms with E-state index < -0.39 is 23.8 Å². The highest BCUT2D eigenvalue weighted by Gasteiger charge is 2.47. The van der Waals surface area contributed by atoms with Gasteiger partial charge in [0.05, 0.1) is 19.3 Å². The van der Waals surface area contributed by atoms with Crippen LogP contribution in [0.4, 0.5) is 0 Å². The van der Waals surface area contributed by atoms with Gasteiger partial charge in [0.2, 0.25) is 0 Å². The molecule has 0 radical (unpaired) electrons. The van der Waals surface area contributed by atoms with Gasteiger partial charge < -0.3 is 14.8 Å². The molecule has 3 atom stereocenters. The molecule has 0 saturated heterocycles. The minimum absolute atomic E-state index is 0.211. The maximum atomic E-state index is 13.6. The molecule has 1 aromatic carbocycles. The van der Waals surface area contributed by atoms with Crippen LogP contribution in [0.25, 0.3) is 0 Å². The van der Waals surface area contributed by atoms with E-state index in [1.54, 1.807) is 0 Å². The second kappa shape index (κ2) is 9.16. The van der Waals surface area contributed by atoms with E-state index in [0.29, 0.717) is 36.3 Å². The Kier molecular flexibility index (Phi) is 6.81. The maximum absolute atomic E-state index is 13.6. The van der Waals surface area contributed by atoms with E-state index in [1.165, 1.54) is 7.11 Å². The van der Waals surface area contributed by atoms with Gasteiger partial charge in [-0.1, -0.05) is 48.0 Å². The third-order valence-corrected chi connectivity index (χ3v) is 6.34. The van der Waals surface area contributed by atoms with Crippen LogP contribution in [0.2, 0.25) is 0 Å². The summed E-state index contributed by atoms with van der Waals surface area (Å²) in [5, 5.41) is 3.25. The summed E-state index contributed by atoms with van der Waals surface area (Å²) in [4.78, 5) is 39.0. The lowest BCUT2D eigenvalue weighted by Gasteiger charge is -2.38. The van der Waals surface area contributed by atoms with Crippen molar-refractivity contribution in [2.45, 2.75) is 39.5 Å². The number of Topliss-reactive ketones (excluding diaryl/α,β-unsaturated/α-hetero) is 1. The van der Waals surface area contributed by atoms with Crippen molar-refractivity contribution in [3.05, 3.63) is 56.8 Å². The van der Waals surface area contributed by atoms with Gasteiger partial charge in [0.1, 0.15) is 5.92 Å². The molecule has 1 aliphatic carbocycles. The minimum Gasteiger partial charge on any atom is -0.468 e. The number of carbonyl (C=O) groups is 3. The predicted molar refractivity (Wildman–Crippen MR) is 115 cm³/mol. The number of hydrogen-bond acceptors (Lipinski definition) is 6. The van der Waals surface area contributed by atoms with E-state index in [-0.39, 0.29) is 11.7 Å². The zero-order valence-corrected chi connectivity index (χ0v) is 19.2. The molecule has 1 heterocycles. The predicted octanol–water partition coefficient (Wildman–Crippen LogP) is 4.02. The number of ether oxygens (including phenoxy) is 2. The van der Waals surface area contributed by atoms with E-state index in [1.807, 2.05) is 45.0 Å². The molecule has 1 N–H and O–H groups in total. The van der Waals surface area contributed by atoms with Crippen LogP contribution in [-0.4, -0.2) is 31.4 Å². The Balaban J connectivity index is 2.18. The van der Waals surface area contributed by atoms with Gasteiger partial charge in [-0.05, 0) is 37.3 Å². The first kappa shape index (κ1) is 22.3. The molecule has 0 fully saturated rings. The van der Waals surface area contributed by atoms with Crippen molar-refractivity contribution in [1.82, 2.24) is 5.32 Å². The Bertz CT molecular complexity index is 949. The highest BCUT2D eigenvalue weighted by molar-refractivity contribution is 9.10. The van der Waals surface area contributed by atoms with Gasteiger partial charge in [-0.3, -0.25) is 9.59 Å². The molecule has 0 unspecified atom stereocenters. The van der Waals surface area contributed by atoms with Crippen molar-refractivity contribution in [3.63, 3.8) is 0 Å². The monoisotopic (exact) mass is 475 g/mol. The fraction of sp³-hybridized carbons (Fsp3) is 0.435. The van der Waals surface area contributed by atoms with Crippen molar-refractivity contribution in [1.29, 1.82) is 0 Å². The lowest BCUT2D eigenvalue weighted by Crippen LogP contribution is -2.43. The maximum Gasteiger partial charge on any atom is 0.336 e. The molecule has 1 aromatic rings. The van der Waals surface area contributed by atoms with Crippen LogP contribution in [0.5, 0.6) is 0 Å². The number of methoxy groups -OCH3 is 1. The molecule has 0 amide bonds. The normalized spacial score (nSPS) is 23.6. The van der Waals surface area contributed by atoms with Gasteiger partial charge in [-0.25, -0.2) is 4.79 Å². The zero-order chi connectivity index (χ0) is 22.0. The van der Waals surface area contributed by atoms with E-state index in [9.17, 15) is 14.4 Å². The van der Waals surface area contributed by atoms with Crippen LogP contribution in [0, 0.1) is 11.8 Å². The Morgan fingerprint density at radius 1 is 1.27 bits per heavy atom. The van der Waals surface area contributed by atoms with Crippen LogP contribution in [-0.2, 0) is 23.9 Å². The van der Waals surface area contributed by atoms with Crippen molar-refractivity contribution in [3.8, 4) is 0 Å². The largest absolute Gasteiger partial charge is 0.468 e. The molecule has 2 aliphatic rings. The third-order valence-electron chi connectivity index (χ3n) is 5.62. The minimum atomic E-state index is -0.896. The van der Waals surface area contributed by atoms with Gasteiger partial charge in [-0.2, -0.15) is 0 Å². The Morgan fingerprint density at radius 3 is 2.60 bits per heavy atom. The number of esters is 2. The van der Waals surface area contributed by atoms with Gasteiger partial charge >= 0.3 is 11.9 Å². The lowest BCUT2D eigenvalue weighted by atomic mass is 9.69. The summed E-state index contributed by atoms with van der Waals surface area (Å²) in [6.07, 6.45) is 1.20. The molecular formula is C23H26BrNO5. The summed E-state index contributed by atoms with van der Waals surface area (Å²) in [6.45, 7) is 5.90. The molecule has 0 saturated carbocycles. The number of hydrogen-bond donors (Lipinski definition) is 1. The van der Waals surface area contributed by atoms with Gasteiger partial charge in [0.25, 0.3) is 0 Å². The third kappa shape index (κ3) is 3.95. The first-order valence-electron chi connectivity index (χ1n) is 10.1. The fourth-order valence-electron chi connectivity index (χ4n) is 4.24. The molecule has 6 nitrogen and oxygen atoms in total. The summed E-state index contributed by atoms with van der Waals surface area (Å²) in [7, 11) is 1.29. The standard InChI is InChI=1S/C23H26BrNO5/c1-5-10-30-23(28)18-13(3)25-16-11-12(2)17(22(27)29-4)21(26)20(16)19(18)14-8-6-7-9-15(14)24/h6-9,12,17,19,25H,5,10-11H2,1-4H3/t12-,17+,19-/m1/s1. The van der Waals surface area contributed by atoms with Gasteiger partial charge in [0.15, 0.2) is 5.78 Å². The molecule has 7 heteroatoms. The molecular weight excluding hydrogens is 450 g/mol. The number of carbonyl (C=O) groups excluding carboxylic acids is 3. The van der Waals surface area contributed by atoms with E-state index in [2.05, 4.69) is 21.2 Å². The number of allylic oxidation sites excluding steroid dienone is 3. The first-order valence-corrected chi connectivity index (χ1v) is 10.8. The molecule has 3 rings (SSSR count). The second-order valence-electron chi connectivity index (χ2n) is 7.69. The fourth-order valence-corrected chi connectivity index (χ4v) is 4.76. The summed E-state index contributed by atoms with van der Waals surface area (Å²) >= 11 is 3.57. The highest BCUT2D eigenvalue weighted by Crippen LogP contribution is 2.46. The van der Waals surface area contributed by atoms with Crippen molar-refractivity contribution < 1.29 is 23.9 Å². The smallest absolute Gasteiger partial charge is 0.336 e. The second-order valence-corrected chi connectivity index (χ2v) is 8.55. The van der Waals surface area contributed by atoms with Gasteiger partial charge in [-0.15, -0.1) is 0 Å². The van der Waals surface area contributed by atoms with E-state index in [4.69, 9.17) is 9.47 Å². The van der Waals surface area contributed by atoms with Crippen molar-refractivity contribution in [2.75, 3.05) is 13.7 Å². The van der Waals surface area contributed by atoms with Crippen LogP contribution in [0.15, 0.2) is 51.3 Å². The van der Waals surface area contributed by atoms with Crippen LogP contribution in [0.3, 0.4) is 0 Å². The van der Waals surface area contributed by atoms with Gasteiger partial charge in [0, 0.05) is 27.4 Å². The van der Waals surface area contributed by atoms with Crippen LogP contribution < -0.4 is 5.32 Å². The Morgan fingerprint density at radius 2 is 1.97 bits per heavy atom. The average molecular weight is 476 g/mol. The Hall–Kier alpha value is -2.41. The molecule has 1 aliphatic heterocycles. The summed E-state index contributed by atoms with van der Waals surface area (Å²) in [5.74, 6) is -3.06. The molecule has 0 aromatic heterocycles. The first-order chi connectivity index (χ1) is 14.3. The molecule has 0 bridgehead atoms. The lowest BCUT2D eigenvalue weighted by molar-refractivity contribution is -0.151. The molecule has 0 spiro atoms. The number of benzene rings is 1. The SMILES string of the molecule is CCCOC(=O)C1=C(C)NC2=C(C(=O)[C@@H](C(=O)OC)[C@H](C)C2)[C@@H]1c1ccccc1Br. The average Bonchev–Trinajstić information content (AvgIpc) is 2.71. The number of halogens is 1. The van der Waals surface area contributed by atoms with Crippen LogP contribution >= 0.6 is 15.9 Å². The van der Waals surface area contributed by atoms with E-state index in [0.717, 1.165) is 15.7 Å². The number of dihydropyridines is 1. The Labute approximate surface area is 184 Å². The zero-order valence-electron chi connectivity index (χ0n) is 17.6. The topological polar surface area (TPSA) is 81.7 Å². The van der Waals surface area contributed by atoms with Crippen LogP contribution in [0.1, 0.15) is 45.1 Å². The van der Waals surface area contributed by atoms with E-state index >= 15 is 0 Å². The summed E-state index contributed by atoms with van der Waals surface area (Å²) < 4.78 is 11.1. The highest BCUT2D eigenvalue weighted by atomic mass is 79.9. The van der Waals surface area contributed by atoms with Crippen molar-refractivity contribution >= 4 is 33.7 Å². The number of nitrogens with one attached hydrogen (secondary N) is 1. The van der Waals surface area contributed by atoms with Crippen molar-refractivity contribution in [2.24, 2.45) is 11.8 Å². The number of rotatable bonds is 5. The quantitative estimate of drug-likeness (QED) is 0.511. The molecule has 160 valence electrons. The summed E-state index contributed by atoms with van der Waals surface area (Å²) in [5.41, 5.74) is 3.01.